The molecular weight excluding hydrogens is 318 g/mol. The average Bonchev–Trinajstić information content (AvgIpc) is 2.54. The molecule has 0 fully saturated rings. The van der Waals surface area contributed by atoms with Gasteiger partial charge in [0.1, 0.15) is 18.0 Å². The number of halogens is 1. The number of hydrogen-bond acceptors (Lipinski definition) is 4. The van der Waals surface area contributed by atoms with Gasteiger partial charge in [-0.15, -0.1) is 0 Å². The molecular formula is C17H14ClNO4. The van der Waals surface area contributed by atoms with Crippen molar-refractivity contribution >= 4 is 29.2 Å². The van der Waals surface area contributed by atoms with Crippen molar-refractivity contribution in [2.24, 2.45) is 0 Å². The predicted octanol–water partition coefficient (Wildman–Crippen LogP) is 3.06. The second-order valence-electron chi connectivity index (χ2n) is 5.08. The van der Waals surface area contributed by atoms with E-state index < -0.39 is 12.1 Å². The Bertz CT molecular complexity index is 745. The van der Waals surface area contributed by atoms with Gasteiger partial charge in [-0.2, -0.15) is 0 Å². The van der Waals surface area contributed by atoms with E-state index in [0.717, 1.165) is 0 Å². The number of nitrogens with zero attached hydrogens (tertiary/aromatic N) is 1. The van der Waals surface area contributed by atoms with Gasteiger partial charge >= 0.3 is 5.97 Å². The van der Waals surface area contributed by atoms with Crippen molar-refractivity contribution in [1.29, 1.82) is 0 Å². The number of para-hydroxylation sites is 2. The summed E-state index contributed by atoms with van der Waals surface area (Å²) < 4.78 is 10.8. The predicted molar refractivity (Wildman–Crippen MR) is 86.0 cm³/mol. The van der Waals surface area contributed by atoms with Crippen LogP contribution in [0.4, 0.5) is 5.69 Å². The zero-order chi connectivity index (χ0) is 16.4. The summed E-state index contributed by atoms with van der Waals surface area (Å²) in [7, 11) is 0. The molecule has 23 heavy (non-hydrogen) atoms. The lowest BCUT2D eigenvalue weighted by Crippen LogP contribution is -2.47. The van der Waals surface area contributed by atoms with Crippen LogP contribution >= 0.6 is 11.6 Å². The molecule has 6 heteroatoms. The molecule has 0 aromatic heterocycles. The Morgan fingerprint density at radius 1 is 1.22 bits per heavy atom. The van der Waals surface area contributed by atoms with Gasteiger partial charge in [0.25, 0.3) is 5.91 Å². The van der Waals surface area contributed by atoms with Crippen LogP contribution in [0.1, 0.15) is 6.92 Å². The van der Waals surface area contributed by atoms with Crippen LogP contribution < -0.4 is 14.4 Å². The number of esters is 1. The van der Waals surface area contributed by atoms with Crippen molar-refractivity contribution in [3.05, 3.63) is 53.6 Å². The molecule has 1 atom stereocenters. The molecule has 5 nitrogen and oxygen atoms in total. The summed E-state index contributed by atoms with van der Waals surface area (Å²) in [5.74, 6) is 0.127. The van der Waals surface area contributed by atoms with E-state index in [1.165, 1.54) is 4.90 Å². The van der Waals surface area contributed by atoms with Crippen LogP contribution in [0.15, 0.2) is 48.5 Å². The van der Waals surface area contributed by atoms with Crippen LogP contribution in [-0.4, -0.2) is 24.5 Å². The van der Waals surface area contributed by atoms with Crippen molar-refractivity contribution < 1.29 is 19.1 Å². The van der Waals surface area contributed by atoms with Crippen LogP contribution in [0.5, 0.6) is 11.5 Å². The molecule has 118 valence electrons. The van der Waals surface area contributed by atoms with Crippen LogP contribution in [0, 0.1) is 0 Å². The maximum atomic E-state index is 12.3. The largest absolute Gasteiger partial charge is 0.479 e. The normalized spacial score (nSPS) is 16.5. The lowest BCUT2D eigenvalue weighted by atomic mass is 10.2. The molecule has 2 aromatic rings. The second kappa shape index (κ2) is 6.30. The van der Waals surface area contributed by atoms with Crippen molar-refractivity contribution in [2.75, 3.05) is 11.4 Å². The van der Waals surface area contributed by atoms with E-state index in [4.69, 9.17) is 21.1 Å². The van der Waals surface area contributed by atoms with Gasteiger partial charge in [0, 0.05) is 5.02 Å². The monoisotopic (exact) mass is 331 g/mol. The van der Waals surface area contributed by atoms with Gasteiger partial charge in [0.2, 0.25) is 0 Å². The fourth-order valence-corrected chi connectivity index (χ4v) is 2.44. The Morgan fingerprint density at radius 2 is 1.91 bits per heavy atom. The quantitative estimate of drug-likeness (QED) is 0.640. The van der Waals surface area contributed by atoms with Crippen molar-refractivity contribution in [3.8, 4) is 11.5 Å². The van der Waals surface area contributed by atoms with E-state index in [9.17, 15) is 9.59 Å². The van der Waals surface area contributed by atoms with E-state index in [-0.39, 0.29) is 12.5 Å². The smallest absolute Gasteiger partial charge is 0.331 e. The van der Waals surface area contributed by atoms with Gasteiger partial charge in [0.05, 0.1) is 5.69 Å². The van der Waals surface area contributed by atoms with Crippen LogP contribution in [0.2, 0.25) is 5.02 Å². The third-order valence-electron chi connectivity index (χ3n) is 3.41. The highest BCUT2D eigenvalue weighted by Gasteiger charge is 2.32. The molecule has 3 rings (SSSR count). The first-order valence-electron chi connectivity index (χ1n) is 7.08. The van der Waals surface area contributed by atoms with E-state index in [1.54, 1.807) is 49.4 Å². The van der Waals surface area contributed by atoms with Gasteiger partial charge in [-0.1, -0.05) is 23.7 Å². The number of anilines is 1. The molecule has 1 aliphatic rings. The lowest BCUT2D eigenvalue weighted by Gasteiger charge is -2.32. The lowest BCUT2D eigenvalue weighted by molar-refractivity contribution is -0.135. The Labute approximate surface area is 138 Å². The summed E-state index contributed by atoms with van der Waals surface area (Å²) >= 11 is 5.79. The zero-order valence-electron chi connectivity index (χ0n) is 12.4. The highest BCUT2D eigenvalue weighted by molar-refractivity contribution is 6.30. The van der Waals surface area contributed by atoms with Gasteiger partial charge in [0.15, 0.2) is 6.10 Å². The molecule has 0 radical (unpaired) electrons. The van der Waals surface area contributed by atoms with E-state index in [2.05, 4.69) is 0 Å². The number of fused-ring (bicyclic) bond motifs is 1. The SMILES string of the molecule is CC1Oc2ccccc2N(CC(=O)Oc2ccc(Cl)cc2)C1=O. The van der Waals surface area contributed by atoms with E-state index in [1.807, 2.05) is 6.07 Å². The summed E-state index contributed by atoms with van der Waals surface area (Å²) in [5, 5.41) is 0.552. The maximum absolute atomic E-state index is 12.3. The maximum Gasteiger partial charge on any atom is 0.331 e. The van der Waals surface area contributed by atoms with Gasteiger partial charge in [-0.25, -0.2) is 4.79 Å². The number of carbonyl (C=O) groups is 2. The fourth-order valence-electron chi connectivity index (χ4n) is 2.32. The molecule has 0 saturated heterocycles. The molecule has 0 spiro atoms. The summed E-state index contributed by atoms with van der Waals surface area (Å²) in [5.41, 5.74) is 0.559. The van der Waals surface area contributed by atoms with Gasteiger partial charge in [-0.05, 0) is 43.3 Å². The van der Waals surface area contributed by atoms with Crippen LogP contribution in [0.25, 0.3) is 0 Å². The molecule has 0 aliphatic carbocycles. The van der Waals surface area contributed by atoms with Gasteiger partial charge < -0.3 is 9.47 Å². The van der Waals surface area contributed by atoms with E-state index in [0.29, 0.717) is 22.2 Å². The fraction of sp³-hybridized carbons (Fsp3) is 0.176. The first kappa shape index (κ1) is 15.4. The standard InChI is InChI=1S/C17H14ClNO4/c1-11-17(21)19(14-4-2-3-5-15(14)22-11)10-16(20)23-13-8-6-12(18)7-9-13/h2-9,11H,10H2,1H3. The molecule has 0 saturated carbocycles. The molecule has 0 bridgehead atoms. The molecule has 1 amide bonds. The van der Waals surface area contributed by atoms with Crippen molar-refractivity contribution in [3.63, 3.8) is 0 Å². The number of benzene rings is 2. The summed E-state index contributed by atoms with van der Waals surface area (Å²) in [6, 6.07) is 13.5. The minimum atomic E-state index is -0.645. The van der Waals surface area contributed by atoms with Crippen molar-refractivity contribution in [2.45, 2.75) is 13.0 Å². The van der Waals surface area contributed by atoms with Crippen molar-refractivity contribution in [1.82, 2.24) is 0 Å². The van der Waals surface area contributed by atoms with Gasteiger partial charge in [-0.3, -0.25) is 9.69 Å². The summed E-state index contributed by atoms with van der Waals surface area (Å²) in [6.07, 6.45) is -0.645. The Balaban J connectivity index is 1.77. The van der Waals surface area contributed by atoms with Crippen LogP contribution in [0.3, 0.4) is 0 Å². The minimum Gasteiger partial charge on any atom is -0.479 e. The van der Waals surface area contributed by atoms with Crippen LogP contribution in [-0.2, 0) is 9.59 Å². The topological polar surface area (TPSA) is 55.8 Å². The second-order valence-corrected chi connectivity index (χ2v) is 5.52. The summed E-state index contributed by atoms with van der Waals surface area (Å²) in [6.45, 7) is 1.46. The number of hydrogen-bond donors (Lipinski definition) is 0. The zero-order valence-corrected chi connectivity index (χ0v) is 13.1. The first-order valence-corrected chi connectivity index (χ1v) is 7.46. The Morgan fingerprint density at radius 3 is 2.65 bits per heavy atom. The summed E-state index contributed by atoms with van der Waals surface area (Å²) in [4.78, 5) is 25.8. The first-order chi connectivity index (χ1) is 11.0. The Hall–Kier alpha value is -2.53. The molecule has 1 unspecified atom stereocenters. The molecule has 1 heterocycles. The third-order valence-corrected chi connectivity index (χ3v) is 3.66. The highest BCUT2D eigenvalue weighted by atomic mass is 35.5. The highest BCUT2D eigenvalue weighted by Crippen LogP contribution is 2.33. The number of amides is 1. The average molecular weight is 332 g/mol. The number of ether oxygens (including phenoxy) is 2. The molecule has 2 aromatic carbocycles. The molecule has 0 N–H and O–H groups in total. The number of carbonyl (C=O) groups excluding carboxylic acids is 2. The third kappa shape index (κ3) is 3.29. The number of rotatable bonds is 3. The minimum absolute atomic E-state index is 0.188. The van der Waals surface area contributed by atoms with E-state index >= 15 is 0 Å². The Kier molecular flexibility index (Phi) is 4.21. The molecule has 1 aliphatic heterocycles.